The Labute approximate surface area is 110 Å². The minimum atomic E-state index is -0.430. The van der Waals surface area contributed by atoms with Crippen LogP contribution in [-0.2, 0) is 6.42 Å². The molecule has 2 unspecified atom stereocenters. The molecule has 1 heterocycles. The van der Waals surface area contributed by atoms with Crippen molar-refractivity contribution < 1.29 is 5.11 Å². The average molecular weight is 265 g/mol. The van der Waals surface area contributed by atoms with Crippen molar-refractivity contribution in [3.05, 3.63) is 56.7 Å². The van der Waals surface area contributed by atoms with Gasteiger partial charge in [0.05, 0.1) is 16.0 Å². The van der Waals surface area contributed by atoms with E-state index in [0.29, 0.717) is 10.9 Å². The molecule has 1 nitrogen and oxygen atoms in total. The molecule has 1 aliphatic carbocycles. The van der Waals surface area contributed by atoms with E-state index in [4.69, 9.17) is 11.6 Å². The first-order valence-electron chi connectivity index (χ1n) is 5.74. The van der Waals surface area contributed by atoms with Gasteiger partial charge in [-0.05, 0) is 41.3 Å². The lowest BCUT2D eigenvalue weighted by Crippen LogP contribution is -2.19. The number of aliphatic hydroxyl groups excluding tert-OH is 1. The summed E-state index contributed by atoms with van der Waals surface area (Å²) in [6.07, 6.45) is 1.42. The maximum atomic E-state index is 10.2. The van der Waals surface area contributed by atoms with E-state index in [-0.39, 0.29) is 0 Å². The topological polar surface area (TPSA) is 20.2 Å². The van der Waals surface area contributed by atoms with Crippen LogP contribution < -0.4 is 0 Å². The Morgan fingerprint density at radius 2 is 2.18 bits per heavy atom. The van der Waals surface area contributed by atoms with Crippen LogP contribution in [0.5, 0.6) is 0 Å². The molecule has 0 saturated heterocycles. The van der Waals surface area contributed by atoms with Gasteiger partial charge >= 0.3 is 0 Å². The monoisotopic (exact) mass is 264 g/mol. The van der Waals surface area contributed by atoms with Gasteiger partial charge in [0.15, 0.2) is 0 Å². The van der Waals surface area contributed by atoms with Gasteiger partial charge < -0.3 is 5.11 Å². The van der Waals surface area contributed by atoms with E-state index < -0.39 is 6.10 Å². The molecule has 0 fully saturated rings. The highest BCUT2D eigenvalue weighted by atomic mass is 35.5. The van der Waals surface area contributed by atoms with Crippen LogP contribution in [0.1, 0.15) is 34.4 Å². The van der Waals surface area contributed by atoms with Crippen LogP contribution >= 0.6 is 22.9 Å². The van der Waals surface area contributed by atoms with Crippen molar-refractivity contribution in [2.75, 3.05) is 0 Å². The van der Waals surface area contributed by atoms with E-state index in [1.807, 2.05) is 11.4 Å². The Kier molecular flexibility index (Phi) is 2.95. The number of aliphatic hydroxyl groups is 1. The minimum absolute atomic E-state index is 0.430. The molecule has 0 aliphatic heterocycles. The number of rotatable bonds is 3. The van der Waals surface area contributed by atoms with Gasteiger partial charge in [0.1, 0.15) is 0 Å². The molecule has 1 aromatic heterocycles. The van der Waals surface area contributed by atoms with Crippen molar-refractivity contribution in [3.8, 4) is 0 Å². The molecule has 88 valence electrons. The van der Waals surface area contributed by atoms with Crippen molar-refractivity contribution in [1.29, 1.82) is 0 Å². The molecule has 1 aromatic carbocycles. The zero-order valence-corrected chi connectivity index (χ0v) is 10.8. The fraction of sp³-hybridized carbons (Fsp3) is 0.286. The number of benzene rings is 1. The van der Waals surface area contributed by atoms with E-state index in [2.05, 4.69) is 24.3 Å². The Bertz CT molecular complexity index is 535. The second kappa shape index (κ2) is 4.45. The molecule has 0 amide bonds. The lowest BCUT2D eigenvalue weighted by Gasteiger charge is -2.31. The number of hydrogen-bond donors (Lipinski definition) is 1. The molecule has 2 aromatic rings. The molecule has 1 aliphatic rings. The normalized spacial score (nSPS) is 19.5. The highest BCUT2D eigenvalue weighted by Gasteiger charge is 2.28. The van der Waals surface area contributed by atoms with Gasteiger partial charge in [0.25, 0.3) is 0 Å². The van der Waals surface area contributed by atoms with Gasteiger partial charge in [-0.25, -0.2) is 0 Å². The molecule has 0 spiro atoms. The SMILES string of the molecule is OC(CC1Cc2ccccc21)c1sccc1Cl. The molecule has 1 N–H and O–H groups in total. The van der Waals surface area contributed by atoms with Crippen molar-refractivity contribution in [1.82, 2.24) is 0 Å². The number of thiophene rings is 1. The van der Waals surface area contributed by atoms with Crippen molar-refractivity contribution in [2.24, 2.45) is 0 Å². The molecule has 0 bridgehead atoms. The van der Waals surface area contributed by atoms with E-state index in [0.717, 1.165) is 17.7 Å². The summed E-state index contributed by atoms with van der Waals surface area (Å²) in [7, 11) is 0. The third-order valence-corrected chi connectivity index (χ3v) is 4.88. The van der Waals surface area contributed by atoms with E-state index in [1.165, 1.54) is 22.5 Å². The van der Waals surface area contributed by atoms with Gasteiger partial charge in [-0.15, -0.1) is 11.3 Å². The average Bonchev–Trinajstić information content (AvgIpc) is 2.72. The lowest BCUT2D eigenvalue weighted by atomic mass is 9.75. The summed E-state index contributed by atoms with van der Waals surface area (Å²) in [6.45, 7) is 0. The Balaban J connectivity index is 1.72. The minimum Gasteiger partial charge on any atom is -0.388 e. The van der Waals surface area contributed by atoms with Gasteiger partial charge in [-0.3, -0.25) is 0 Å². The van der Waals surface area contributed by atoms with Crippen LogP contribution in [0.15, 0.2) is 35.7 Å². The van der Waals surface area contributed by atoms with Gasteiger partial charge in [-0.2, -0.15) is 0 Å². The third-order valence-electron chi connectivity index (χ3n) is 3.42. The molecule has 0 saturated carbocycles. The third kappa shape index (κ3) is 2.01. The van der Waals surface area contributed by atoms with Gasteiger partial charge in [-0.1, -0.05) is 35.9 Å². The summed E-state index contributed by atoms with van der Waals surface area (Å²) >= 11 is 7.56. The highest BCUT2D eigenvalue weighted by Crippen LogP contribution is 2.42. The van der Waals surface area contributed by atoms with E-state index in [1.54, 1.807) is 0 Å². The van der Waals surface area contributed by atoms with Crippen LogP contribution in [-0.4, -0.2) is 5.11 Å². The molecular weight excluding hydrogens is 252 g/mol. The maximum Gasteiger partial charge on any atom is 0.0902 e. The molecule has 3 rings (SSSR count). The zero-order valence-electron chi connectivity index (χ0n) is 9.27. The summed E-state index contributed by atoms with van der Waals surface area (Å²) in [5.74, 6) is 0.486. The van der Waals surface area contributed by atoms with Crippen molar-refractivity contribution >= 4 is 22.9 Å². The molecule has 2 atom stereocenters. The molecule has 0 radical (unpaired) electrons. The highest BCUT2D eigenvalue weighted by molar-refractivity contribution is 7.10. The summed E-state index contributed by atoms with van der Waals surface area (Å²) < 4.78 is 0. The van der Waals surface area contributed by atoms with E-state index in [9.17, 15) is 5.11 Å². The Morgan fingerprint density at radius 1 is 1.35 bits per heavy atom. The smallest absolute Gasteiger partial charge is 0.0902 e. The van der Waals surface area contributed by atoms with Crippen LogP contribution in [0.2, 0.25) is 5.02 Å². The number of hydrogen-bond acceptors (Lipinski definition) is 2. The standard InChI is InChI=1S/C14H13ClOS/c15-12-5-6-17-14(12)13(16)8-10-7-9-3-1-2-4-11(9)10/h1-6,10,13,16H,7-8H2. The second-order valence-corrected chi connectivity index (χ2v) is 5.84. The second-order valence-electron chi connectivity index (χ2n) is 4.48. The molecule has 3 heteroatoms. The lowest BCUT2D eigenvalue weighted by molar-refractivity contribution is 0.157. The summed E-state index contributed by atoms with van der Waals surface area (Å²) in [4.78, 5) is 0.899. The Morgan fingerprint density at radius 3 is 2.88 bits per heavy atom. The van der Waals surface area contributed by atoms with Crippen LogP contribution in [0, 0.1) is 0 Å². The van der Waals surface area contributed by atoms with Crippen LogP contribution in [0.3, 0.4) is 0 Å². The Hall–Kier alpha value is -0.830. The number of fused-ring (bicyclic) bond motifs is 1. The fourth-order valence-electron chi connectivity index (χ4n) is 2.49. The first kappa shape index (κ1) is 11.3. The molecule has 17 heavy (non-hydrogen) atoms. The first-order valence-corrected chi connectivity index (χ1v) is 7.00. The first-order chi connectivity index (χ1) is 8.25. The largest absolute Gasteiger partial charge is 0.388 e. The van der Waals surface area contributed by atoms with Crippen LogP contribution in [0.4, 0.5) is 0 Å². The summed E-state index contributed by atoms with van der Waals surface area (Å²) in [5.41, 5.74) is 2.81. The summed E-state index contributed by atoms with van der Waals surface area (Å²) in [5, 5.41) is 12.8. The van der Waals surface area contributed by atoms with Gasteiger partial charge in [0, 0.05) is 0 Å². The predicted molar refractivity (Wildman–Crippen MR) is 71.8 cm³/mol. The number of halogens is 1. The van der Waals surface area contributed by atoms with Crippen molar-refractivity contribution in [3.63, 3.8) is 0 Å². The summed E-state index contributed by atoms with van der Waals surface area (Å²) in [6, 6.07) is 10.3. The molecular formula is C14H13ClOS. The zero-order chi connectivity index (χ0) is 11.8. The quantitative estimate of drug-likeness (QED) is 0.882. The van der Waals surface area contributed by atoms with Crippen molar-refractivity contribution in [2.45, 2.75) is 24.9 Å². The fourth-order valence-corrected chi connectivity index (χ4v) is 3.67. The maximum absolute atomic E-state index is 10.2. The van der Waals surface area contributed by atoms with Gasteiger partial charge in [0.2, 0.25) is 0 Å². The van der Waals surface area contributed by atoms with E-state index >= 15 is 0 Å². The predicted octanol–water partition coefficient (Wildman–Crippen LogP) is 4.16. The van der Waals surface area contributed by atoms with Crippen LogP contribution in [0.25, 0.3) is 0 Å².